The SMILES string of the molecule is CNCCN(CC1CC1)C[C@H](O)[C@@]12CC[C@]3(C)[C@H](CC[C@@H]4[C@@]5(C)CC[C@H](OC(=O)CC(C)(C)C(=O)O)C(C)(C)[C@@H]5CC[C@]43C)C1=C(C(C)C)C(=O)C2. The highest BCUT2D eigenvalue weighted by atomic mass is 16.5. The Morgan fingerprint density at radius 1 is 0.942 bits per heavy atom. The molecule has 3 N–H and O–H groups in total. The summed E-state index contributed by atoms with van der Waals surface area (Å²) < 4.78 is 6.18. The van der Waals surface area contributed by atoms with Crippen LogP contribution in [0.1, 0.15) is 139 Å². The summed E-state index contributed by atoms with van der Waals surface area (Å²) in [6.45, 7) is 23.3. The molecule has 9 atom stereocenters. The van der Waals surface area contributed by atoms with Crippen molar-refractivity contribution in [2.75, 3.05) is 33.2 Å². The number of likely N-dealkylation sites (N-methyl/N-ethyl adjacent to an activating group) is 1. The third kappa shape index (κ3) is 6.34. The van der Waals surface area contributed by atoms with Crippen molar-refractivity contribution in [3.63, 3.8) is 0 Å². The standard InChI is InChI=1S/C44H72N2O6/c1-27(2)36-30(47)23-44(33(48)26-46(22-21-45-10)25-28-11-12-28)20-19-42(8)29(37(36)44)13-14-32-41(7)17-16-34(52-35(49)24-39(3,4)38(50)51)40(5,6)31(41)15-18-43(32,42)9/h27-29,31-34,45,48H,11-26H2,1-10H3,(H,50,51)/t29-,31+,32-,33+,34+,41+,42-,43-,44+/m1/s1. The number of ether oxygens (including phenoxy) is 1. The summed E-state index contributed by atoms with van der Waals surface area (Å²) in [4.78, 5) is 41.5. The van der Waals surface area contributed by atoms with E-state index in [0.29, 0.717) is 30.7 Å². The zero-order valence-electron chi connectivity index (χ0n) is 34.3. The Kier molecular flexibility index (Phi) is 10.6. The zero-order chi connectivity index (χ0) is 38.2. The molecule has 6 aliphatic carbocycles. The summed E-state index contributed by atoms with van der Waals surface area (Å²) in [6.07, 6.45) is 10.2. The second kappa shape index (κ2) is 13.8. The fourth-order valence-corrected chi connectivity index (χ4v) is 13.5. The number of aliphatic carboxylic acids is 1. The molecular weight excluding hydrogens is 652 g/mol. The lowest BCUT2D eigenvalue weighted by Crippen LogP contribution is -2.66. The van der Waals surface area contributed by atoms with E-state index in [-0.39, 0.29) is 45.9 Å². The Balaban J connectivity index is 1.28. The minimum Gasteiger partial charge on any atom is -0.481 e. The Morgan fingerprint density at radius 3 is 2.25 bits per heavy atom. The Labute approximate surface area is 314 Å². The van der Waals surface area contributed by atoms with E-state index in [2.05, 4.69) is 58.7 Å². The van der Waals surface area contributed by atoms with Crippen LogP contribution < -0.4 is 5.32 Å². The molecular formula is C44H72N2O6. The number of hydrogen-bond acceptors (Lipinski definition) is 7. The molecule has 5 saturated carbocycles. The van der Waals surface area contributed by atoms with Gasteiger partial charge in [0.2, 0.25) is 0 Å². The maximum absolute atomic E-state index is 14.1. The number of carboxylic acids is 1. The van der Waals surface area contributed by atoms with E-state index in [4.69, 9.17) is 4.74 Å². The van der Waals surface area contributed by atoms with E-state index >= 15 is 0 Å². The number of esters is 1. The van der Waals surface area contributed by atoms with E-state index in [9.17, 15) is 24.6 Å². The van der Waals surface area contributed by atoms with Gasteiger partial charge in [-0.3, -0.25) is 19.3 Å². The summed E-state index contributed by atoms with van der Waals surface area (Å²) in [6, 6.07) is 0. The number of carbonyl (C=O) groups is 3. The van der Waals surface area contributed by atoms with Gasteiger partial charge in [-0.05, 0) is 137 Å². The first-order valence-corrected chi connectivity index (χ1v) is 20.9. The molecule has 0 aromatic carbocycles. The van der Waals surface area contributed by atoms with Crippen molar-refractivity contribution in [1.82, 2.24) is 10.2 Å². The van der Waals surface area contributed by atoms with Gasteiger partial charge in [0, 0.05) is 43.4 Å². The van der Waals surface area contributed by atoms with E-state index in [1.165, 1.54) is 18.4 Å². The normalized spacial score (nSPS) is 39.1. The van der Waals surface area contributed by atoms with Gasteiger partial charge in [-0.2, -0.15) is 0 Å². The van der Waals surface area contributed by atoms with Gasteiger partial charge >= 0.3 is 11.9 Å². The van der Waals surface area contributed by atoms with Crippen LogP contribution in [0.5, 0.6) is 0 Å². The van der Waals surface area contributed by atoms with Crippen LogP contribution in [0.15, 0.2) is 11.1 Å². The molecule has 0 amide bonds. The number of carbonyl (C=O) groups excluding carboxylic acids is 2. The number of Topliss-reactive ketones (excluding diaryl/α,β-unsaturated/α-hetero) is 1. The minimum atomic E-state index is -1.16. The van der Waals surface area contributed by atoms with Crippen LogP contribution >= 0.6 is 0 Å². The van der Waals surface area contributed by atoms with Crippen LogP contribution in [0, 0.1) is 62.1 Å². The first kappa shape index (κ1) is 39.9. The summed E-state index contributed by atoms with van der Waals surface area (Å²) in [5.41, 5.74) is 0.710. The number of aliphatic hydroxyl groups excluding tert-OH is 1. The molecule has 0 heterocycles. The molecule has 5 fully saturated rings. The third-order valence-corrected chi connectivity index (χ3v) is 16.8. The lowest BCUT2D eigenvalue weighted by molar-refractivity contribution is -0.235. The van der Waals surface area contributed by atoms with Crippen molar-refractivity contribution in [1.29, 1.82) is 0 Å². The quantitative estimate of drug-likeness (QED) is 0.166. The van der Waals surface area contributed by atoms with Gasteiger partial charge < -0.3 is 20.3 Å². The number of rotatable bonds is 13. The molecule has 52 heavy (non-hydrogen) atoms. The molecule has 0 spiro atoms. The minimum absolute atomic E-state index is 0.0168. The van der Waals surface area contributed by atoms with Crippen LogP contribution in [0.3, 0.4) is 0 Å². The molecule has 8 heteroatoms. The van der Waals surface area contributed by atoms with Crippen LogP contribution in [-0.4, -0.2) is 78.3 Å². The number of aliphatic hydroxyl groups is 1. The number of ketones is 1. The number of hydrogen-bond donors (Lipinski definition) is 3. The van der Waals surface area contributed by atoms with Gasteiger partial charge in [0.15, 0.2) is 5.78 Å². The molecule has 0 aromatic heterocycles. The van der Waals surface area contributed by atoms with Crippen molar-refractivity contribution in [3.05, 3.63) is 11.1 Å². The lowest BCUT2D eigenvalue weighted by atomic mass is 9.33. The number of allylic oxidation sites excluding steroid dienone is 1. The average molecular weight is 725 g/mol. The second-order valence-corrected chi connectivity index (χ2v) is 20.9. The van der Waals surface area contributed by atoms with E-state index in [1.54, 1.807) is 13.8 Å². The van der Waals surface area contributed by atoms with E-state index in [1.807, 2.05) is 7.05 Å². The van der Waals surface area contributed by atoms with Gasteiger partial charge in [-0.15, -0.1) is 0 Å². The molecule has 0 radical (unpaired) electrons. The highest BCUT2D eigenvalue weighted by molar-refractivity contribution is 6.00. The van der Waals surface area contributed by atoms with Crippen LogP contribution in [0.25, 0.3) is 0 Å². The van der Waals surface area contributed by atoms with Crippen LogP contribution in [-0.2, 0) is 19.1 Å². The van der Waals surface area contributed by atoms with Crippen molar-refractivity contribution in [3.8, 4) is 0 Å². The highest BCUT2D eigenvalue weighted by Gasteiger charge is 2.71. The number of nitrogens with zero attached hydrogens (tertiary/aromatic N) is 1. The third-order valence-electron chi connectivity index (χ3n) is 16.8. The molecule has 0 aromatic rings. The summed E-state index contributed by atoms with van der Waals surface area (Å²) in [7, 11) is 2.00. The smallest absolute Gasteiger partial charge is 0.309 e. The van der Waals surface area contributed by atoms with Gasteiger partial charge in [0.05, 0.1) is 17.9 Å². The fourth-order valence-electron chi connectivity index (χ4n) is 13.5. The first-order chi connectivity index (χ1) is 24.2. The molecule has 6 rings (SSSR count). The van der Waals surface area contributed by atoms with Crippen LogP contribution in [0.4, 0.5) is 0 Å². The molecule has 8 nitrogen and oxygen atoms in total. The molecule has 0 unspecified atom stereocenters. The van der Waals surface area contributed by atoms with E-state index in [0.717, 1.165) is 82.5 Å². The van der Waals surface area contributed by atoms with Crippen molar-refractivity contribution in [2.45, 2.75) is 152 Å². The van der Waals surface area contributed by atoms with Gasteiger partial charge in [-0.25, -0.2) is 0 Å². The molecule has 0 aliphatic heterocycles. The Hall–Kier alpha value is -1.77. The Morgan fingerprint density at radius 2 is 1.63 bits per heavy atom. The maximum atomic E-state index is 14.1. The molecule has 6 aliphatic rings. The number of nitrogens with one attached hydrogen (secondary N) is 1. The predicted molar refractivity (Wildman–Crippen MR) is 204 cm³/mol. The zero-order valence-corrected chi connectivity index (χ0v) is 34.3. The second-order valence-electron chi connectivity index (χ2n) is 20.9. The maximum Gasteiger partial charge on any atom is 0.309 e. The fraction of sp³-hybridized carbons (Fsp3) is 0.886. The first-order valence-electron chi connectivity index (χ1n) is 20.9. The summed E-state index contributed by atoms with van der Waals surface area (Å²) in [5, 5.41) is 25.4. The van der Waals surface area contributed by atoms with Crippen molar-refractivity contribution >= 4 is 17.7 Å². The number of fused-ring (bicyclic) bond motifs is 7. The predicted octanol–water partition coefficient (Wildman–Crippen LogP) is 7.67. The lowest BCUT2D eigenvalue weighted by Gasteiger charge is -2.72. The van der Waals surface area contributed by atoms with Crippen molar-refractivity contribution < 1.29 is 29.3 Å². The van der Waals surface area contributed by atoms with Gasteiger partial charge in [0.1, 0.15) is 6.10 Å². The topological polar surface area (TPSA) is 116 Å². The van der Waals surface area contributed by atoms with Gasteiger partial charge in [0.25, 0.3) is 0 Å². The molecule has 294 valence electrons. The van der Waals surface area contributed by atoms with Crippen molar-refractivity contribution in [2.24, 2.45) is 62.1 Å². The Bertz CT molecular complexity index is 1450. The highest BCUT2D eigenvalue weighted by Crippen LogP contribution is 2.77. The monoisotopic (exact) mass is 725 g/mol. The molecule has 0 saturated heterocycles. The van der Waals surface area contributed by atoms with Gasteiger partial charge in [-0.1, -0.05) is 54.0 Å². The summed E-state index contributed by atoms with van der Waals surface area (Å²) in [5.74, 6) is 0.956. The van der Waals surface area contributed by atoms with E-state index < -0.39 is 28.9 Å². The van der Waals surface area contributed by atoms with Crippen LogP contribution in [0.2, 0.25) is 0 Å². The average Bonchev–Trinajstić information content (AvgIpc) is 3.80. The largest absolute Gasteiger partial charge is 0.481 e. The summed E-state index contributed by atoms with van der Waals surface area (Å²) >= 11 is 0. The molecule has 0 bridgehead atoms. The number of carboxylic acid groups (broad SMARTS) is 1.